The Labute approximate surface area is 110 Å². The van der Waals surface area contributed by atoms with Gasteiger partial charge in [0.25, 0.3) is 0 Å². The second-order valence-electron chi connectivity index (χ2n) is 4.73. The molecule has 0 aromatic heterocycles. The van der Waals surface area contributed by atoms with Gasteiger partial charge < -0.3 is 15.2 Å². The molecule has 1 aromatic rings. The molecule has 0 unspecified atom stereocenters. The van der Waals surface area contributed by atoms with Crippen LogP contribution in [0.25, 0.3) is 0 Å². The number of aliphatic hydroxyl groups excluding tert-OH is 1. The first-order valence-electron chi connectivity index (χ1n) is 5.83. The molecule has 1 aliphatic rings. The van der Waals surface area contributed by atoms with Gasteiger partial charge in [-0.2, -0.15) is 0 Å². The average Bonchev–Trinajstić information content (AvgIpc) is 3.10. The summed E-state index contributed by atoms with van der Waals surface area (Å²) in [6.07, 6.45) is 2.28. The number of hydrogen-bond donors (Lipinski definition) is 2. The standard InChI is InChI=1S/C13H18BrNO2/c1-17-12-3-2-10(6-11(12)14)7-15-8-13(9-16)4-5-13/h2-3,6,15-16H,4-5,7-9H2,1H3. The first kappa shape index (κ1) is 12.9. The Bertz CT molecular complexity index is 391. The van der Waals surface area contributed by atoms with Crippen molar-refractivity contribution in [3.05, 3.63) is 28.2 Å². The van der Waals surface area contributed by atoms with Crippen LogP contribution in [0.2, 0.25) is 0 Å². The summed E-state index contributed by atoms with van der Waals surface area (Å²) in [6, 6.07) is 6.07. The molecule has 4 heteroatoms. The molecule has 0 bridgehead atoms. The van der Waals surface area contributed by atoms with Gasteiger partial charge >= 0.3 is 0 Å². The van der Waals surface area contributed by atoms with Crippen LogP contribution in [0.5, 0.6) is 5.75 Å². The predicted molar refractivity (Wildman–Crippen MR) is 71.2 cm³/mol. The van der Waals surface area contributed by atoms with Crippen LogP contribution < -0.4 is 10.1 Å². The van der Waals surface area contributed by atoms with Gasteiger partial charge in [-0.25, -0.2) is 0 Å². The second kappa shape index (κ2) is 5.38. The smallest absolute Gasteiger partial charge is 0.133 e. The molecule has 0 radical (unpaired) electrons. The van der Waals surface area contributed by atoms with Crippen LogP contribution in [0.3, 0.4) is 0 Å². The number of benzene rings is 1. The third-order valence-corrected chi connectivity index (χ3v) is 3.96. The largest absolute Gasteiger partial charge is 0.496 e. The Morgan fingerprint density at radius 3 is 2.76 bits per heavy atom. The van der Waals surface area contributed by atoms with Gasteiger partial charge in [0.1, 0.15) is 5.75 Å². The minimum Gasteiger partial charge on any atom is -0.496 e. The van der Waals surface area contributed by atoms with Crippen molar-refractivity contribution >= 4 is 15.9 Å². The average molecular weight is 300 g/mol. The van der Waals surface area contributed by atoms with Crippen LogP contribution in [0.4, 0.5) is 0 Å². The van der Waals surface area contributed by atoms with Crippen molar-refractivity contribution in [2.24, 2.45) is 5.41 Å². The van der Waals surface area contributed by atoms with Crippen molar-refractivity contribution in [3.63, 3.8) is 0 Å². The van der Waals surface area contributed by atoms with Gasteiger partial charge in [0.15, 0.2) is 0 Å². The van der Waals surface area contributed by atoms with Crippen molar-refractivity contribution in [1.29, 1.82) is 0 Å². The zero-order chi connectivity index (χ0) is 12.3. The summed E-state index contributed by atoms with van der Waals surface area (Å²) >= 11 is 3.47. The summed E-state index contributed by atoms with van der Waals surface area (Å²) in [5.74, 6) is 0.850. The third kappa shape index (κ3) is 3.21. The zero-order valence-corrected chi connectivity index (χ0v) is 11.6. The highest BCUT2D eigenvalue weighted by Gasteiger charge is 2.41. The molecule has 1 fully saturated rings. The summed E-state index contributed by atoms with van der Waals surface area (Å²) in [6.45, 7) is 2.02. The summed E-state index contributed by atoms with van der Waals surface area (Å²) in [4.78, 5) is 0. The van der Waals surface area contributed by atoms with E-state index < -0.39 is 0 Å². The normalized spacial score (nSPS) is 16.9. The molecule has 0 amide bonds. The van der Waals surface area contributed by atoms with Gasteiger partial charge in [-0.1, -0.05) is 6.07 Å². The second-order valence-corrected chi connectivity index (χ2v) is 5.58. The number of methoxy groups -OCH3 is 1. The first-order chi connectivity index (χ1) is 8.19. The lowest BCUT2D eigenvalue weighted by molar-refractivity contribution is 0.207. The molecule has 1 saturated carbocycles. The maximum Gasteiger partial charge on any atom is 0.133 e. The quantitative estimate of drug-likeness (QED) is 0.847. The lowest BCUT2D eigenvalue weighted by atomic mass is 10.1. The number of halogens is 1. The maximum atomic E-state index is 9.20. The topological polar surface area (TPSA) is 41.5 Å². The molecular weight excluding hydrogens is 282 g/mol. The van der Waals surface area contributed by atoms with Crippen LogP contribution in [0.15, 0.2) is 22.7 Å². The van der Waals surface area contributed by atoms with Crippen LogP contribution in [-0.4, -0.2) is 25.4 Å². The maximum absolute atomic E-state index is 9.20. The highest BCUT2D eigenvalue weighted by atomic mass is 79.9. The minimum absolute atomic E-state index is 0.170. The monoisotopic (exact) mass is 299 g/mol. The minimum atomic E-state index is 0.170. The molecule has 0 atom stereocenters. The van der Waals surface area contributed by atoms with Gasteiger partial charge in [-0.15, -0.1) is 0 Å². The fourth-order valence-corrected chi connectivity index (χ4v) is 2.45. The van der Waals surface area contributed by atoms with E-state index in [4.69, 9.17) is 4.74 Å². The van der Waals surface area contributed by atoms with E-state index in [9.17, 15) is 5.11 Å². The predicted octanol–water partition coefficient (Wildman–Crippen LogP) is 2.32. The number of nitrogens with one attached hydrogen (secondary N) is 1. The molecule has 94 valence electrons. The molecule has 3 nitrogen and oxygen atoms in total. The SMILES string of the molecule is COc1ccc(CNCC2(CO)CC2)cc1Br. The van der Waals surface area contributed by atoms with Crippen LogP contribution in [0.1, 0.15) is 18.4 Å². The molecule has 0 aliphatic heterocycles. The third-order valence-electron chi connectivity index (χ3n) is 3.34. The van der Waals surface area contributed by atoms with Crippen molar-refractivity contribution in [1.82, 2.24) is 5.32 Å². The van der Waals surface area contributed by atoms with Crippen molar-refractivity contribution in [2.75, 3.05) is 20.3 Å². The Hall–Kier alpha value is -0.580. The van der Waals surface area contributed by atoms with E-state index in [2.05, 4.69) is 33.4 Å². The summed E-state index contributed by atoms with van der Waals surface area (Å²) < 4.78 is 6.16. The van der Waals surface area contributed by atoms with Crippen LogP contribution in [-0.2, 0) is 6.54 Å². The van der Waals surface area contributed by atoms with E-state index in [-0.39, 0.29) is 5.41 Å². The number of aliphatic hydroxyl groups is 1. The molecule has 1 aliphatic carbocycles. The molecule has 2 rings (SSSR count). The Kier molecular flexibility index (Phi) is 4.07. The van der Waals surface area contributed by atoms with Gasteiger partial charge in [-0.05, 0) is 46.5 Å². The fraction of sp³-hybridized carbons (Fsp3) is 0.538. The van der Waals surface area contributed by atoms with Crippen LogP contribution in [0, 0.1) is 5.41 Å². The van der Waals surface area contributed by atoms with Crippen LogP contribution >= 0.6 is 15.9 Å². The first-order valence-corrected chi connectivity index (χ1v) is 6.62. The molecular formula is C13H18BrNO2. The van der Waals surface area contributed by atoms with Gasteiger partial charge in [0.2, 0.25) is 0 Å². The number of ether oxygens (including phenoxy) is 1. The number of hydrogen-bond acceptors (Lipinski definition) is 3. The van der Waals surface area contributed by atoms with Crippen molar-refractivity contribution in [3.8, 4) is 5.75 Å². The molecule has 1 aromatic carbocycles. The van der Waals surface area contributed by atoms with Crippen molar-refractivity contribution < 1.29 is 9.84 Å². The lowest BCUT2D eigenvalue weighted by Crippen LogP contribution is -2.26. The Balaban J connectivity index is 1.85. The van der Waals surface area contributed by atoms with E-state index >= 15 is 0 Å². The van der Waals surface area contributed by atoms with Gasteiger partial charge in [0, 0.05) is 25.1 Å². The molecule has 17 heavy (non-hydrogen) atoms. The highest BCUT2D eigenvalue weighted by Crippen LogP contribution is 2.44. The Morgan fingerprint density at radius 1 is 1.47 bits per heavy atom. The van der Waals surface area contributed by atoms with Gasteiger partial charge in [-0.3, -0.25) is 0 Å². The van der Waals surface area contributed by atoms with E-state index in [1.807, 2.05) is 6.07 Å². The zero-order valence-electron chi connectivity index (χ0n) is 10.0. The molecule has 0 saturated heterocycles. The van der Waals surface area contributed by atoms with E-state index in [1.165, 1.54) is 5.56 Å². The summed E-state index contributed by atoms with van der Waals surface area (Å²) in [5.41, 5.74) is 1.38. The molecule has 0 spiro atoms. The molecule has 0 heterocycles. The summed E-state index contributed by atoms with van der Waals surface area (Å²) in [7, 11) is 1.66. The Morgan fingerprint density at radius 2 is 2.24 bits per heavy atom. The number of rotatable bonds is 6. The molecule has 2 N–H and O–H groups in total. The van der Waals surface area contributed by atoms with E-state index in [0.29, 0.717) is 6.61 Å². The van der Waals surface area contributed by atoms with E-state index in [1.54, 1.807) is 7.11 Å². The lowest BCUT2D eigenvalue weighted by Gasteiger charge is -2.13. The highest BCUT2D eigenvalue weighted by molar-refractivity contribution is 9.10. The summed E-state index contributed by atoms with van der Waals surface area (Å²) in [5, 5.41) is 12.6. The van der Waals surface area contributed by atoms with Gasteiger partial charge in [0.05, 0.1) is 11.6 Å². The fourth-order valence-electron chi connectivity index (χ4n) is 1.86. The van der Waals surface area contributed by atoms with E-state index in [0.717, 1.165) is 36.2 Å². The van der Waals surface area contributed by atoms with Crippen molar-refractivity contribution in [2.45, 2.75) is 19.4 Å².